The first-order chi connectivity index (χ1) is 33.9. The number of hydrogen-bond donors (Lipinski definition) is 3. The summed E-state index contributed by atoms with van der Waals surface area (Å²) < 4.78 is 45.8. The summed E-state index contributed by atoms with van der Waals surface area (Å²) in [6, 6.07) is 37.1. The van der Waals surface area contributed by atoms with E-state index in [0.717, 1.165) is 119 Å². The van der Waals surface area contributed by atoms with Crippen LogP contribution in [0.25, 0.3) is 44.5 Å². The molecule has 12 nitrogen and oxygen atoms in total. The Bertz CT molecular complexity index is 2710. The number of fused-ring (bicyclic) bond motifs is 4. The first-order valence-electron chi connectivity index (χ1n) is 24.6. The van der Waals surface area contributed by atoms with Crippen LogP contribution < -0.4 is 85.1 Å². The summed E-state index contributed by atoms with van der Waals surface area (Å²) in [6.07, 6.45) is 8.86. The molecule has 372 valence electrons. The first kappa shape index (κ1) is 58.4. The SMILES string of the molecule is Cc1ccc(-c2cc(OCCCCNC(=O)CCCCC3SCC4NC(=O)NC43)cc(-c3ccc(-c4ccc5c(c4)C(CCCCSOO[O-])(CCCCS(=O)(=O)[O-])c4cc(C)ccc4-5)cc3)c2)cc1.[Na+].[Na+]. The molecular formula is C55H63N3Na2O9S3. The molecule has 3 N–H and O–H groups in total. The number of carbonyl (C=O) groups is 2. The molecule has 0 bridgehead atoms. The summed E-state index contributed by atoms with van der Waals surface area (Å²) in [4.78, 5) is 24.3. The van der Waals surface area contributed by atoms with Gasteiger partial charge in [0.15, 0.2) is 0 Å². The summed E-state index contributed by atoms with van der Waals surface area (Å²) in [7, 11) is -4.33. The molecule has 0 radical (unpaired) electrons. The Morgan fingerprint density at radius 3 is 2.06 bits per heavy atom. The molecule has 5 aromatic rings. The van der Waals surface area contributed by atoms with Crippen molar-refractivity contribution in [1.82, 2.24) is 16.0 Å². The third-order valence-corrected chi connectivity index (χ3v) is 16.9. The van der Waals surface area contributed by atoms with Gasteiger partial charge in [-0.25, -0.2) is 13.2 Å². The molecule has 2 fully saturated rings. The van der Waals surface area contributed by atoms with E-state index in [4.69, 9.17) is 4.74 Å². The minimum Gasteiger partial charge on any atom is -0.748 e. The van der Waals surface area contributed by atoms with Gasteiger partial charge >= 0.3 is 65.1 Å². The Morgan fingerprint density at radius 2 is 1.36 bits per heavy atom. The van der Waals surface area contributed by atoms with Crippen molar-refractivity contribution in [2.75, 3.05) is 30.4 Å². The number of amides is 3. The van der Waals surface area contributed by atoms with Crippen molar-refractivity contribution in [1.29, 1.82) is 0 Å². The van der Waals surface area contributed by atoms with Crippen LogP contribution in [0.5, 0.6) is 5.75 Å². The van der Waals surface area contributed by atoms with Gasteiger partial charge in [0.2, 0.25) is 5.91 Å². The predicted octanol–water partition coefficient (Wildman–Crippen LogP) is 4.34. The van der Waals surface area contributed by atoms with Gasteiger partial charge in [-0.1, -0.05) is 109 Å². The molecule has 3 aliphatic rings. The number of aryl methyl sites for hydroxylation is 2. The molecule has 2 aliphatic heterocycles. The molecule has 17 heteroatoms. The smallest absolute Gasteiger partial charge is 0.748 e. The monoisotopic (exact) mass is 1050 g/mol. The zero-order chi connectivity index (χ0) is 49.1. The van der Waals surface area contributed by atoms with E-state index in [-0.39, 0.29) is 88.9 Å². The van der Waals surface area contributed by atoms with Crippen LogP contribution in [-0.2, 0) is 29.7 Å². The molecule has 3 amide bonds. The molecule has 2 heterocycles. The fourth-order valence-electron chi connectivity index (χ4n) is 10.4. The molecule has 1 aliphatic carbocycles. The molecule has 0 spiro atoms. The summed E-state index contributed by atoms with van der Waals surface area (Å²) in [5.41, 5.74) is 13.1. The van der Waals surface area contributed by atoms with Gasteiger partial charge in [-0.05, 0) is 145 Å². The summed E-state index contributed by atoms with van der Waals surface area (Å²) in [5.74, 6) is 2.00. The number of ether oxygens (including phenoxy) is 1. The third-order valence-electron chi connectivity index (χ3n) is 14.0. The fraction of sp³-hybridized carbons (Fsp3) is 0.418. The van der Waals surface area contributed by atoms with Crippen molar-refractivity contribution < 1.29 is 101 Å². The minimum atomic E-state index is -4.33. The normalized spacial score (nSPS) is 18.5. The van der Waals surface area contributed by atoms with Gasteiger partial charge < -0.3 is 30.5 Å². The van der Waals surface area contributed by atoms with Gasteiger partial charge in [-0.3, -0.25) is 9.83 Å². The van der Waals surface area contributed by atoms with E-state index < -0.39 is 15.5 Å². The minimum absolute atomic E-state index is 0. The molecule has 8 rings (SSSR count). The number of nitrogens with one attached hydrogen (secondary N) is 3. The number of benzene rings is 5. The van der Waals surface area contributed by atoms with E-state index in [9.17, 15) is 27.8 Å². The summed E-state index contributed by atoms with van der Waals surface area (Å²) in [6.45, 7) is 5.29. The van der Waals surface area contributed by atoms with Crippen LogP contribution in [-0.4, -0.2) is 72.7 Å². The fourth-order valence-corrected chi connectivity index (χ4v) is 13.0. The molecule has 0 saturated carbocycles. The number of urea groups is 1. The number of unbranched alkanes of at least 4 members (excludes halogenated alkanes) is 4. The van der Waals surface area contributed by atoms with Crippen molar-refractivity contribution in [3.8, 4) is 50.3 Å². The zero-order valence-electron chi connectivity index (χ0n) is 42.0. The van der Waals surface area contributed by atoms with E-state index in [1.807, 2.05) is 11.8 Å². The second kappa shape index (κ2) is 27.8. The first-order valence-corrected chi connectivity index (χ1v) is 28.1. The maximum absolute atomic E-state index is 12.6. The molecule has 2 saturated heterocycles. The van der Waals surface area contributed by atoms with E-state index in [1.165, 1.54) is 22.3 Å². The molecule has 72 heavy (non-hydrogen) atoms. The largest absolute Gasteiger partial charge is 1.00 e. The standard InChI is InChI=1S/C55H65N3O9S3.2Na/c1-37-13-16-40(17-14-37)43-32-44(34-45(33-43)65-28-8-7-27-56-52(59)12-4-3-11-51-53-50(36-68-51)57-54(60)58-53)41-20-18-39(19-21-41)42-22-24-47-46-23-15-38(2)31-48(46)55(49(47)35-42,25-5-9-29-69-67-66-61)26-6-10-30-70(62,63)64;;/h13-24,31-35,50-51,53,61H,3-12,25-30,36H2,1-2H3,(H,56,59)(H2,57,58,60)(H,62,63,64);;/q;2*+1/p-2. The molecule has 5 aromatic carbocycles. The Labute approximate surface area is 478 Å². The van der Waals surface area contributed by atoms with E-state index in [1.54, 1.807) is 0 Å². The van der Waals surface area contributed by atoms with Gasteiger partial charge in [0, 0.05) is 52.9 Å². The molecule has 4 atom stereocenters. The summed E-state index contributed by atoms with van der Waals surface area (Å²) >= 11 is 2.89. The zero-order valence-corrected chi connectivity index (χ0v) is 48.4. The average molecular weight is 1050 g/mol. The van der Waals surface area contributed by atoms with Crippen molar-refractivity contribution in [2.24, 2.45) is 0 Å². The van der Waals surface area contributed by atoms with Gasteiger partial charge in [0.1, 0.15) is 5.75 Å². The van der Waals surface area contributed by atoms with Crippen molar-refractivity contribution in [2.45, 2.75) is 114 Å². The van der Waals surface area contributed by atoms with Gasteiger partial charge in [0.05, 0.1) is 28.8 Å². The quantitative estimate of drug-likeness (QED) is 0.0137. The van der Waals surface area contributed by atoms with Crippen LogP contribution in [0.3, 0.4) is 0 Å². The third kappa shape index (κ3) is 15.4. The van der Waals surface area contributed by atoms with E-state index in [0.29, 0.717) is 49.8 Å². The van der Waals surface area contributed by atoms with Gasteiger partial charge in [-0.2, -0.15) is 16.1 Å². The Balaban J connectivity index is 0.00000423. The van der Waals surface area contributed by atoms with Crippen LogP contribution in [0, 0.1) is 13.8 Å². The topological polar surface area (TPSA) is 178 Å². The van der Waals surface area contributed by atoms with Crippen LogP contribution >= 0.6 is 23.8 Å². The Kier molecular flexibility index (Phi) is 22.5. The predicted molar refractivity (Wildman–Crippen MR) is 277 cm³/mol. The maximum Gasteiger partial charge on any atom is 1.00 e. The van der Waals surface area contributed by atoms with Crippen LogP contribution in [0.1, 0.15) is 99.3 Å². The Hall–Kier alpha value is -2.87. The van der Waals surface area contributed by atoms with Crippen molar-refractivity contribution in [3.05, 3.63) is 125 Å². The molecule has 4 unspecified atom stereocenters. The van der Waals surface area contributed by atoms with Crippen LogP contribution in [0.4, 0.5) is 4.79 Å². The van der Waals surface area contributed by atoms with E-state index in [2.05, 4.69) is 142 Å². The average Bonchev–Trinajstić information content (AvgIpc) is 3.99. The molecular weight excluding hydrogens is 989 g/mol. The number of rotatable bonds is 26. The van der Waals surface area contributed by atoms with Crippen LogP contribution in [0.2, 0.25) is 0 Å². The second-order valence-electron chi connectivity index (χ2n) is 19.0. The van der Waals surface area contributed by atoms with E-state index >= 15 is 0 Å². The number of carbonyl (C=O) groups excluding carboxylic acids is 2. The van der Waals surface area contributed by atoms with Crippen molar-refractivity contribution >= 4 is 45.9 Å². The van der Waals surface area contributed by atoms with Crippen LogP contribution in [0.15, 0.2) is 103 Å². The summed E-state index contributed by atoms with van der Waals surface area (Å²) in [5, 5.41) is 23.4. The van der Waals surface area contributed by atoms with Crippen molar-refractivity contribution in [3.63, 3.8) is 0 Å². The number of thioether (sulfide) groups is 1. The van der Waals surface area contributed by atoms with Gasteiger partial charge in [0.25, 0.3) is 0 Å². The maximum atomic E-state index is 12.6. The van der Waals surface area contributed by atoms with Gasteiger partial charge in [-0.15, -0.1) is 0 Å². The number of hydrogen-bond acceptors (Lipinski definition) is 11. The second-order valence-corrected chi connectivity index (χ2v) is 22.6. The molecule has 0 aromatic heterocycles. The Morgan fingerprint density at radius 1 is 0.736 bits per heavy atom.